The average molecular weight is 495 g/mol. The Morgan fingerprint density at radius 2 is 1.81 bits per heavy atom. The maximum absolute atomic E-state index is 13.0. The van der Waals surface area contributed by atoms with Crippen molar-refractivity contribution < 1.29 is 17.9 Å². The van der Waals surface area contributed by atoms with Crippen LogP contribution in [0.2, 0.25) is 5.02 Å². The average Bonchev–Trinajstić information content (AvgIpc) is 3.22. The molecule has 0 saturated carbocycles. The topological polar surface area (TPSA) is 110 Å². The van der Waals surface area contributed by atoms with Crippen LogP contribution in [-0.4, -0.2) is 31.6 Å². The van der Waals surface area contributed by atoms with Crippen molar-refractivity contribution in [3.05, 3.63) is 64.7 Å². The lowest BCUT2D eigenvalue weighted by atomic mass is 9.98. The first-order valence-corrected chi connectivity index (χ1v) is 12.4. The Morgan fingerprint density at radius 1 is 1.12 bits per heavy atom. The third kappa shape index (κ3) is 6.04. The van der Waals surface area contributed by atoms with Crippen molar-refractivity contribution in [1.82, 2.24) is 14.9 Å². The Bertz CT molecular complexity index is 1180. The lowest BCUT2D eigenvalue weighted by Gasteiger charge is -2.20. The fraction of sp³-hybridized carbons (Fsp3) is 0.286. The molecule has 8 nitrogen and oxygen atoms in total. The Morgan fingerprint density at radius 3 is 2.44 bits per heavy atom. The second-order valence-electron chi connectivity index (χ2n) is 7.38. The number of halogens is 1. The molecule has 1 unspecified atom stereocenters. The predicted molar refractivity (Wildman–Crippen MR) is 125 cm³/mol. The van der Waals surface area contributed by atoms with Crippen molar-refractivity contribution in [1.29, 1.82) is 0 Å². The quantitative estimate of drug-likeness (QED) is 0.423. The summed E-state index contributed by atoms with van der Waals surface area (Å²) >= 11 is 6.80. The number of benzene rings is 2. The van der Waals surface area contributed by atoms with Crippen LogP contribution in [-0.2, 0) is 10.0 Å². The molecule has 1 heterocycles. The van der Waals surface area contributed by atoms with E-state index in [9.17, 15) is 13.2 Å². The number of nitrogens with one attached hydrogen (secondary N) is 2. The Kier molecular flexibility index (Phi) is 7.83. The molecule has 32 heavy (non-hydrogen) atoms. The summed E-state index contributed by atoms with van der Waals surface area (Å²) in [5, 5.41) is 10.4. The molecule has 0 aliphatic heterocycles. The van der Waals surface area contributed by atoms with Crippen molar-refractivity contribution in [3.63, 3.8) is 0 Å². The van der Waals surface area contributed by atoms with Crippen LogP contribution in [0.4, 0.5) is 5.13 Å². The fourth-order valence-electron chi connectivity index (χ4n) is 2.98. The molecule has 11 heteroatoms. The second kappa shape index (κ2) is 10.4. The summed E-state index contributed by atoms with van der Waals surface area (Å²) in [6.07, 6.45) is 0.584. The minimum atomic E-state index is -3.97. The van der Waals surface area contributed by atoms with E-state index >= 15 is 0 Å². The van der Waals surface area contributed by atoms with E-state index in [0.717, 1.165) is 16.9 Å². The van der Waals surface area contributed by atoms with Gasteiger partial charge in [0.2, 0.25) is 9.47 Å². The van der Waals surface area contributed by atoms with Crippen molar-refractivity contribution in [3.8, 4) is 5.75 Å². The van der Waals surface area contributed by atoms with E-state index in [4.69, 9.17) is 16.3 Å². The number of amides is 1. The van der Waals surface area contributed by atoms with Crippen molar-refractivity contribution in [2.24, 2.45) is 5.92 Å². The number of hydrogen-bond acceptors (Lipinski definition) is 7. The van der Waals surface area contributed by atoms with Crippen LogP contribution < -0.4 is 14.8 Å². The minimum Gasteiger partial charge on any atom is -0.497 e. The molecule has 0 radical (unpaired) electrons. The molecule has 0 aliphatic carbocycles. The number of ether oxygens (including phenoxy) is 1. The van der Waals surface area contributed by atoms with Crippen molar-refractivity contribution >= 4 is 44.0 Å². The highest BCUT2D eigenvalue weighted by molar-refractivity contribution is 7.91. The molecule has 1 aromatic heterocycles. The number of rotatable bonds is 9. The lowest BCUT2D eigenvalue weighted by Crippen LogP contribution is -2.29. The van der Waals surface area contributed by atoms with Gasteiger partial charge in [0.1, 0.15) is 5.75 Å². The molecular formula is C21H23ClN4O4S2. The van der Waals surface area contributed by atoms with Gasteiger partial charge in [-0.25, -0.2) is 13.1 Å². The van der Waals surface area contributed by atoms with Crippen LogP contribution in [0.1, 0.15) is 42.2 Å². The van der Waals surface area contributed by atoms with E-state index in [1.807, 2.05) is 26.0 Å². The number of carbonyl (C=O) groups is 1. The molecule has 3 aromatic rings. The lowest BCUT2D eigenvalue weighted by molar-refractivity contribution is 0.102. The van der Waals surface area contributed by atoms with Crippen LogP contribution in [0.25, 0.3) is 0 Å². The van der Waals surface area contributed by atoms with E-state index in [1.54, 1.807) is 43.5 Å². The predicted octanol–water partition coefficient (Wildman–Crippen LogP) is 4.52. The molecule has 1 amide bonds. The molecule has 1 atom stereocenters. The van der Waals surface area contributed by atoms with Crippen LogP contribution in [0.3, 0.4) is 0 Å². The van der Waals surface area contributed by atoms with Gasteiger partial charge in [-0.2, -0.15) is 0 Å². The van der Waals surface area contributed by atoms with E-state index in [1.165, 1.54) is 0 Å². The largest absolute Gasteiger partial charge is 0.497 e. The molecule has 2 aromatic carbocycles. The summed E-state index contributed by atoms with van der Waals surface area (Å²) in [5.41, 5.74) is 1.06. The van der Waals surface area contributed by atoms with Gasteiger partial charge in [0, 0.05) is 6.04 Å². The van der Waals surface area contributed by atoms with E-state index in [2.05, 4.69) is 20.2 Å². The smallest absolute Gasteiger partial charge is 0.270 e. The first kappa shape index (κ1) is 24.1. The highest BCUT2D eigenvalue weighted by Gasteiger charge is 2.26. The molecule has 0 fully saturated rings. The maximum Gasteiger partial charge on any atom is 0.270 e. The Hall–Kier alpha value is -2.53. The SMILES string of the molecule is COc1ccc(C(CC(C)C)NS(=O)(=O)c2nnc(NC(=O)c3ccccc3Cl)s2)cc1. The Labute approximate surface area is 196 Å². The zero-order valence-electron chi connectivity index (χ0n) is 17.7. The van der Waals surface area contributed by atoms with Gasteiger partial charge in [-0.1, -0.05) is 61.1 Å². The number of nitrogens with zero attached hydrogens (tertiary/aromatic N) is 2. The normalized spacial score (nSPS) is 12.5. The summed E-state index contributed by atoms with van der Waals surface area (Å²) < 4.78 is 33.6. The first-order valence-electron chi connectivity index (χ1n) is 9.75. The van der Waals surface area contributed by atoms with Gasteiger partial charge in [0.25, 0.3) is 15.9 Å². The molecule has 0 saturated heterocycles. The number of hydrogen-bond donors (Lipinski definition) is 2. The summed E-state index contributed by atoms with van der Waals surface area (Å²) in [5.74, 6) is 0.423. The van der Waals surface area contributed by atoms with Crippen molar-refractivity contribution in [2.45, 2.75) is 30.6 Å². The van der Waals surface area contributed by atoms with Gasteiger partial charge in [-0.15, -0.1) is 10.2 Å². The monoisotopic (exact) mass is 494 g/mol. The van der Waals surface area contributed by atoms with E-state index in [-0.39, 0.29) is 26.0 Å². The van der Waals surface area contributed by atoms with Crippen LogP contribution in [0, 0.1) is 5.92 Å². The van der Waals surface area contributed by atoms with Crippen LogP contribution in [0.5, 0.6) is 5.75 Å². The van der Waals surface area contributed by atoms with E-state index in [0.29, 0.717) is 12.2 Å². The second-order valence-corrected chi connectivity index (χ2v) is 10.7. The highest BCUT2D eigenvalue weighted by Crippen LogP contribution is 2.28. The van der Waals surface area contributed by atoms with Crippen LogP contribution in [0.15, 0.2) is 52.9 Å². The van der Waals surface area contributed by atoms with Gasteiger partial charge in [0.05, 0.1) is 17.7 Å². The van der Waals surface area contributed by atoms with Gasteiger partial charge < -0.3 is 4.74 Å². The summed E-state index contributed by atoms with van der Waals surface area (Å²) in [7, 11) is -2.40. The number of aromatic nitrogens is 2. The number of carbonyl (C=O) groups excluding carboxylic acids is 1. The summed E-state index contributed by atoms with van der Waals surface area (Å²) in [6.45, 7) is 4.02. The third-order valence-corrected chi connectivity index (χ3v) is 7.51. The molecule has 3 rings (SSSR count). The number of sulfonamides is 1. The summed E-state index contributed by atoms with van der Waals surface area (Å²) in [4.78, 5) is 12.4. The van der Waals surface area contributed by atoms with E-state index < -0.39 is 22.0 Å². The minimum absolute atomic E-state index is 0.0557. The number of anilines is 1. The van der Waals surface area contributed by atoms with Gasteiger partial charge in [-0.3, -0.25) is 10.1 Å². The highest BCUT2D eigenvalue weighted by atomic mass is 35.5. The van der Waals surface area contributed by atoms with Crippen molar-refractivity contribution in [2.75, 3.05) is 12.4 Å². The molecule has 0 aliphatic rings. The zero-order valence-corrected chi connectivity index (χ0v) is 20.1. The van der Waals surface area contributed by atoms with Crippen LogP contribution >= 0.6 is 22.9 Å². The van der Waals surface area contributed by atoms with Gasteiger partial charge in [-0.05, 0) is 42.2 Å². The standard InChI is InChI=1S/C21H23ClN4O4S2/c1-13(2)12-18(14-8-10-15(30-3)11-9-14)26-32(28,29)21-25-24-20(31-21)23-19(27)16-6-4-5-7-17(16)22/h4-11,13,18,26H,12H2,1-3H3,(H,23,24,27). The van der Waals surface area contributed by atoms with Gasteiger partial charge in [0.15, 0.2) is 0 Å². The molecule has 170 valence electrons. The molecule has 0 spiro atoms. The zero-order chi connectivity index (χ0) is 23.3. The fourth-order valence-corrected chi connectivity index (χ4v) is 5.35. The maximum atomic E-state index is 13.0. The molecule has 0 bridgehead atoms. The number of methoxy groups -OCH3 is 1. The first-order chi connectivity index (χ1) is 15.2. The van der Waals surface area contributed by atoms with Gasteiger partial charge >= 0.3 is 0 Å². The molecule has 2 N–H and O–H groups in total. The third-order valence-electron chi connectivity index (χ3n) is 4.50. The summed E-state index contributed by atoms with van der Waals surface area (Å²) in [6, 6.07) is 13.3. The molecular weight excluding hydrogens is 472 g/mol. The Balaban J connectivity index is 1.78.